The van der Waals surface area contributed by atoms with Gasteiger partial charge in [-0.1, -0.05) is 106 Å². The molecule has 0 aliphatic heterocycles. The van der Waals surface area contributed by atoms with Crippen molar-refractivity contribution in [3.8, 4) is 0 Å². The Balaban J connectivity index is 1.93. The second kappa shape index (κ2) is 8.58. The molecule has 0 aromatic heterocycles. The van der Waals surface area contributed by atoms with Crippen LogP contribution < -0.4 is 5.32 Å². The van der Waals surface area contributed by atoms with E-state index in [4.69, 9.17) is 0 Å². The quantitative estimate of drug-likeness (QED) is 0.555. The van der Waals surface area contributed by atoms with Gasteiger partial charge in [0.2, 0.25) is 0 Å². The third kappa shape index (κ3) is 3.99. The number of hydrogen-bond donors (Lipinski definition) is 1. The summed E-state index contributed by atoms with van der Waals surface area (Å²) in [4.78, 5) is 0. The fraction of sp³-hybridized carbons (Fsp3) is 0.111. The van der Waals surface area contributed by atoms with Gasteiger partial charge in [0.1, 0.15) is 0 Å². The van der Waals surface area contributed by atoms with E-state index in [0.717, 1.165) is 11.3 Å². The van der Waals surface area contributed by atoms with Crippen LogP contribution in [0.15, 0.2) is 116 Å². The van der Waals surface area contributed by atoms with E-state index in [1.165, 1.54) is 22.3 Å². The van der Waals surface area contributed by atoms with Crippen molar-refractivity contribution in [2.45, 2.75) is 19.3 Å². The van der Waals surface area contributed by atoms with Gasteiger partial charge in [0, 0.05) is 17.3 Å². The van der Waals surface area contributed by atoms with E-state index >= 15 is 0 Å². The van der Waals surface area contributed by atoms with Gasteiger partial charge in [0.25, 0.3) is 0 Å². The standard InChI is InChI=1S/C27H27N/c1-5-12-22(19-18-21-14-8-7-9-15-21)28-20-26-23(13-6-2)24-16-10-11-17-25(24)27(26,3)4/h5-20,28H,1-2H2,3-4H3/b19-18?,22-12+,23-13-,26-20+. The van der Waals surface area contributed by atoms with Crippen molar-refractivity contribution in [3.05, 3.63) is 132 Å². The van der Waals surface area contributed by atoms with E-state index in [0.29, 0.717) is 0 Å². The first-order chi connectivity index (χ1) is 13.6. The normalized spacial score (nSPS) is 18.4. The van der Waals surface area contributed by atoms with Crippen LogP contribution in [0.1, 0.15) is 30.5 Å². The smallest absolute Gasteiger partial charge is 0.0379 e. The van der Waals surface area contributed by atoms with Crippen molar-refractivity contribution >= 4 is 11.6 Å². The summed E-state index contributed by atoms with van der Waals surface area (Å²) in [6, 6.07) is 18.9. The molecule has 1 N–H and O–H groups in total. The molecule has 2 aromatic carbocycles. The third-order valence-electron chi connectivity index (χ3n) is 5.07. The second-order valence-corrected chi connectivity index (χ2v) is 7.29. The van der Waals surface area contributed by atoms with E-state index in [1.807, 2.05) is 30.4 Å². The van der Waals surface area contributed by atoms with Crippen molar-refractivity contribution in [1.29, 1.82) is 0 Å². The molecular weight excluding hydrogens is 338 g/mol. The predicted octanol–water partition coefficient (Wildman–Crippen LogP) is 6.80. The Labute approximate surface area is 168 Å². The molecule has 0 amide bonds. The number of hydrogen-bond acceptors (Lipinski definition) is 1. The zero-order valence-electron chi connectivity index (χ0n) is 16.7. The van der Waals surface area contributed by atoms with Crippen LogP contribution in [-0.2, 0) is 5.41 Å². The van der Waals surface area contributed by atoms with Crippen LogP contribution >= 0.6 is 0 Å². The number of allylic oxidation sites excluding steroid dienone is 7. The monoisotopic (exact) mass is 365 g/mol. The van der Waals surface area contributed by atoms with E-state index in [2.05, 4.69) is 93.1 Å². The maximum Gasteiger partial charge on any atom is 0.0379 e. The van der Waals surface area contributed by atoms with Crippen molar-refractivity contribution in [2.75, 3.05) is 0 Å². The van der Waals surface area contributed by atoms with E-state index in [-0.39, 0.29) is 5.41 Å². The van der Waals surface area contributed by atoms with Gasteiger partial charge in [-0.2, -0.15) is 0 Å². The number of benzene rings is 2. The molecule has 3 rings (SSSR count). The van der Waals surface area contributed by atoms with Crippen LogP contribution in [-0.4, -0.2) is 0 Å². The van der Waals surface area contributed by atoms with Crippen LogP contribution in [0, 0.1) is 0 Å². The highest BCUT2D eigenvalue weighted by molar-refractivity contribution is 5.90. The summed E-state index contributed by atoms with van der Waals surface area (Å²) >= 11 is 0. The zero-order valence-corrected chi connectivity index (χ0v) is 16.7. The Hall–Kier alpha value is -3.32. The van der Waals surface area contributed by atoms with Gasteiger partial charge in [0.05, 0.1) is 0 Å². The van der Waals surface area contributed by atoms with E-state index in [9.17, 15) is 0 Å². The summed E-state index contributed by atoms with van der Waals surface area (Å²) in [7, 11) is 0. The number of fused-ring (bicyclic) bond motifs is 1. The molecule has 0 radical (unpaired) electrons. The molecule has 140 valence electrons. The Morgan fingerprint density at radius 1 is 0.929 bits per heavy atom. The maximum atomic E-state index is 3.91. The van der Waals surface area contributed by atoms with Crippen molar-refractivity contribution in [2.24, 2.45) is 0 Å². The summed E-state index contributed by atoms with van der Waals surface area (Å²) in [5.74, 6) is 0. The molecule has 0 heterocycles. The summed E-state index contributed by atoms with van der Waals surface area (Å²) < 4.78 is 0. The molecule has 2 aromatic rings. The summed E-state index contributed by atoms with van der Waals surface area (Å²) in [6.45, 7) is 12.3. The van der Waals surface area contributed by atoms with Crippen molar-refractivity contribution in [1.82, 2.24) is 5.32 Å². The predicted molar refractivity (Wildman–Crippen MR) is 123 cm³/mol. The minimum Gasteiger partial charge on any atom is -0.361 e. The maximum absolute atomic E-state index is 3.91. The molecule has 1 nitrogen and oxygen atoms in total. The lowest BCUT2D eigenvalue weighted by Gasteiger charge is -2.22. The first-order valence-electron chi connectivity index (χ1n) is 9.54. The average molecular weight is 366 g/mol. The van der Waals surface area contributed by atoms with Crippen LogP contribution in [0.5, 0.6) is 0 Å². The summed E-state index contributed by atoms with van der Waals surface area (Å²) in [6.07, 6.45) is 14.0. The lowest BCUT2D eigenvalue weighted by molar-refractivity contribution is 0.656. The molecule has 0 fully saturated rings. The second-order valence-electron chi connectivity index (χ2n) is 7.29. The first kappa shape index (κ1) is 19.4. The molecule has 0 unspecified atom stereocenters. The van der Waals surface area contributed by atoms with Gasteiger partial charge in [-0.15, -0.1) is 0 Å². The molecule has 0 atom stereocenters. The number of nitrogens with one attached hydrogen (secondary N) is 1. The van der Waals surface area contributed by atoms with Gasteiger partial charge in [-0.25, -0.2) is 0 Å². The molecular formula is C27H27N. The minimum absolute atomic E-state index is 0.0825. The Morgan fingerprint density at radius 2 is 1.64 bits per heavy atom. The highest BCUT2D eigenvalue weighted by Crippen LogP contribution is 2.49. The lowest BCUT2D eigenvalue weighted by Crippen LogP contribution is -2.17. The molecule has 1 aliphatic carbocycles. The van der Waals surface area contributed by atoms with Gasteiger partial charge in [-0.05, 0) is 40.0 Å². The third-order valence-corrected chi connectivity index (χ3v) is 5.07. The molecule has 0 saturated carbocycles. The highest BCUT2D eigenvalue weighted by atomic mass is 14.8. The van der Waals surface area contributed by atoms with E-state index in [1.54, 1.807) is 6.08 Å². The molecule has 1 aliphatic rings. The fourth-order valence-electron chi connectivity index (χ4n) is 3.63. The molecule has 0 saturated heterocycles. The zero-order chi connectivity index (χ0) is 20.0. The first-order valence-corrected chi connectivity index (χ1v) is 9.54. The van der Waals surface area contributed by atoms with Crippen LogP contribution in [0.4, 0.5) is 0 Å². The van der Waals surface area contributed by atoms with Crippen LogP contribution in [0.3, 0.4) is 0 Å². The lowest BCUT2D eigenvalue weighted by atomic mass is 9.82. The van der Waals surface area contributed by atoms with Crippen LogP contribution in [0.25, 0.3) is 11.6 Å². The molecule has 1 heteroatoms. The van der Waals surface area contributed by atoms with Crippen LogP contribution in [0.2, 0.25) is 0 Å². The molecule has 0 spiro atoms. The van der Waals surface area contributed by atoms with Crippen molar-refractivity contribution in [3.63, 3.8) is 0 Å². The summed E-state index contributed by atoms with van der Waals surface area (Å²) in [5, 5.41) is 3.48. The minimum atomic E-state index is -0.0825. The SMILES string of the molecule is C=C/C=C1\C(=C/N/C(C=Cc2ccccc2)=C/C=C)C(C)(C)c2ccccc21. The summed E-state index contributed by atoms with van der Waals surface area (Å²) in [5.41, 5.74) is 7.13. The van der Waals surface area contributed by atoms with Gasteiger partial charge in [0.15, 0.2) is 0 Å². The number of rotatable bonds is 6. The Bertz CT molecular complexity index is 982. The van der Waals surface area contributed by atoms with Gasteiger partial charge >= 0.3 is 0 Å². The van der Waals surface area contributed by atoms with Gasteiger partial charge < -0.3 is 5.32 Å². The average Bonchev–Trinajstić information content (AvgIpc) is 2.92. The highest BCUT2D eigenvalue weighted by Gasteiger charge is 2.37. The van der Waals surface area contributed by atoms with E-state index < -0.39 is 0 Å². The Kier molecular flexibility index (Phi) is 5.96. The largest absolute Gasteiger partial charge is 0.361 e. The molecule has 28 heavy (non-hydrogen) atoms. The van der Waals surface area contributed by atoms with Crippen molar-refractivity contribution < 1.29 is 0 Å². The molecule has 0 bridgehead atoms. The van der Waals surface area contributed by atoms with Gasteiger partial charge in [-0.3, -0.25) is 0 Å². The Morgan fingerprint density at radius 3 is 2.36 bits per heavy atom. The topological polar surface area (TPSA) is 12.0 Å². The fourth-order valence-corrected chi connectivity index (χ4v) is 3.63.